The maximum Gasteiger partial charge on any atom is 0.255 e. The van der Waals surface area contributed by atoms with Gasteiger partial charge >= 0.3 is 0 Å². The smallest absolute Gasteiger partial charge is 0.255 e. The van der Waals surface area contributed by atoms with Crippen LogP contribution in [0.4, 0.5) is 5.69 Å². The van der Waals surface area contributed by atoms with E-state index in [-0.39, 0.29) is 5.91 Å². The topological polar surface area (TPSA) is 46.9 Å². The zero-order valence-corrected chi connectivity index (χ0v) is 12.6. The highest BCUT2D eigenvalue weighted by atomic mass is 16.1. The molecule has 1 aromatic heterocycles. The van der Waals surface area contributed by atoms with Crippen molar-refractivity contribution in [1.82, 2.24) is 9.78 Å². The number of carbonyl (C=O) groups is 1. The average molecular weight is 291 g/mol. The third-order valence-corrected chi connectivity index (χ3v) is 3.43. The molecule has 0 bridgehead atoms. The van der Waals surface area contributed by atoms with Crippen LogP contribution in [0.3, 0.4) is 0 Å². The summed E-state index contributed by atoms with van der Waals surface area (Å²) in [7, 11) is 0. The van der Waals surface area contributed by atoms with Gasteiger partial charge in [0.05, 0.1) is 17.1 Å². The number of hydrogen-bond donors (Lipinski definition) is 1. The Hall–Kier alpha value is -2.88. The summed E-state index contributed by atoms with van der Waals surface area (Å²) in [6, 6.07) is 18.8. The largest absolute Gasteiger partial charge is 0.320 e. The zero-order valence-electron chi connectivity index (χ0n) is 12.6. The Labute approximate surface area is 129 Å². The molecule has 0 saturated heterocycles. The first-order valence-electron chi connectivity index (χ1n) is 7.14. The van der Waals surface area contributed by atoms with Crippen molar-refractivity contribution in [1.29, 1.82) is 0 Å². The number of anilines is 1. The Bertz CT molecular complexity index is 806. The molecule has 0 fully saturated rings. The molecule has 0 aliphatic carbocycles. The van der Waals surface area contributed by atoms with Crippen molar-refractivity contribution in [3.8, 4) is 5.69 Å². The van der Waals surface area contributed by atoms with Gasteiger partial charge in [-0.25, -0.2) is 4.68 Å². The van der Waals surface area contributed by atoms with E-state index in [1.54, 1.807) is 12.1 Å². The van der Waals surface area contributed by atoms with E-state index in [0.717, 1.165) is 22.8 Å². The van der Waals surface area contributed by atoms with Crippen LogP contribution >= 0.6 is 0 Å². The number of hydrogen-bond acceptors (Lipinski definition) is 2. The van der Waals surface area contributed by atoms with Gasteiger partial charge in [0.1, 0.15) is 0 Å². The predicted molar refractivity (Wildman–Crippen MR) is 87.4 cm³/mol. The third kappa shape index (κ3) is 2.76. The summed E-state index contributed by atoms with van der Waals surface area (Å²) in [4.78, 5) is 12.3. The van der Waals surface area contributed by atoms with E-state index in [2.05, 4.69) is 10.4 Å². The maximum atomic E-state index is 12.3. The molecule has 1 amide bonds. The molecule has 0 spiro atoms. The average Bonchev–Trinajstić information content (AvgIpc) is 2.87. The highest BCUT2D eigenvalue weighted by Gasteiger charge is 2.11. The molecule has 0 atom stereocenters. The molecule has 2 aromatic carbocycles. The summed E-state index contributed by atoms with van der Waals surface area (Å²) >= 11 is 0. The number of amides is 1. The Morgan fingerprint density at radius 1 is 1.00 bits per heavy atom. The molecule has 0 aliphatic heterocycles. The second-order valence-electron chi connectivity index (χ2n) is 5.18. The van der Waals surface area contributed by atoms with Gasteiger partial charge in [0.15, 0.2) is 0 Å². The first-order valence-corrected chi connectivity index (χ1v) is 7.14. The van der Waals surface area contributed by atoms with E-state index in [0.29, 0.717) is 5.56 Å². The van der Waals surface area contributed by atoms with Crippen LogP contribution in [0, 0.1) is 13.8 Å². The predicted octanol–water partition coefficient (Wildman–Crippen LogP) is 3.74. The number of para-hydroxylation sites is 2. The molecule has 0 aliphatic rings. The minimum Gasteiger partial charge on any atom is -0.320 e. The van der Waals surface area contributed by atoms with Crippen LogP contribution in [0.15, 0.2) is 60.7 Å². The normalized spacial score (nSPS) is 10.5. The summed E-state index contributed by atoms with van der Waals surface area (Å²) in [5, 5.41) is 7.45. The minimum absolute atomic E-state index is 0.130. The first kappa shape index (κ1) is 14.1. The molecular formula is C18H17N3O. The number of nitrogens with zero attached hydrogens (tertiary/aromatic N) is 2. The van der Waals surface area contributed by atoms with E-state index in [4.69, 9.17) is 0 Å². The molecule has 4 heteroatoms. The standard InChI is InChI=1S/C18H17N3O/c1-13-12-14(2)21(20-13)17-11-7-6-10-16(17)19-18(22)15-8-4-3-5-9-15/h3-12H,1-2H3,(H,19,22). The van der Waals surface area contributed by atoms with Gasteiger partial charge in [-0.1, -0.05) is 30.3 Å². The van der Waals surface area contributed by atoms with Gasteiger partial charge in [0.2, 0.25) is 0 Å². The van der Waals surface area contributed by atoms with Crippen molar-refractivity contribution >= 4 is 11.6 Å². The van der Waals surface area contributed by atoms with Gasteiger partial charge in [-0.2, -0.15) is 5.10 Å². The summed E-state index contributed by atoms with van der Waals surface area (Å²) in [6.07, 6.45) is 0. The molecular weight excluding hydrogens is 274 g/mol. The summed E-state index contributed by atoms with van der Waals surface area (Å²) < 4.78 is 1.84. The summed E-state index contributed by atoms with van der Waals surface area (Å²) in [5.74, 6) is -0.130. The Balaban J connectivity index is 1.96. The number of aromatic nitrogens is 2. The number of carbonyl (C=O) groups excluding carboxylic acids is 1. The lowest BCUT2D eigenvalue weighted by atomic mass is 10.2. The number of rotatable bonds is 3. The number of benzene rings is 2. The van der Waals surface area contributed by atoms with Crippen LogP contribution in [0.5, 0.6) is 0 Å². The van der Waals surface area contributed by atoms with E-state index in [1.165, 1.54) is 0 Å². The van der Waals surface area contributed by atoms with Gasteiger partial charge < -0.3 is 5.32 Å². The van der Waals surface area contributed by atoms with Crippen LogP contribution in [0.25, 0.3) is 5.69 Å². The van der Waals surface area contributed by atoms with Crippen LogP contribution in [-0.2, 0) is 0 Å². The lowest BCUT2D eigenvalue weighted by molar-refractivity contribution is 0.102. The van der Waals surface area contributed by atoms with Crippen LogP contribution in [0.2, 0.25) is 0 Å². The fourth-order valence-corrected chi connectivity index (χ4v) is 2.42. The number of aryl methyl sites for hydroxylation is 2. The van der Waals surface area contributed by atoms with Gasteiger partial charge in [0.25, 0.3) is 5.91 Å². The zero-order chi connectivity index (χ0) is 15.5. The van der Waals surface area contributed by atoms with Gasteiger partial charge in [0, 0.05) is 11.3 Å². The molecule has 1 heterocycles. The van der Waals surface area contributed by atoms with Crippen molar-refractivity contribution in [3.05, 3.63) is 77.6 Å². The van der Waals surface area contributed by atoms with Crippen molar-refractivity contribution < 1.29 is 4.79 Å². The highest BCUT2D eigenvalue weighted by molar-refractivity contribution is 6.05. The first-order chi connectivity index (χ1) is 10.6. The molecule has 0 saturated carbocycles. The molecule has 4 nitrogen and oxygen atoms in total. The fourth-order valence-electron chi connectivity index (χ4n) is 2.42. The molecule has 22 heavy (non-hydrogen) atoms. The van der Waals surface area contributed by atoms with E-state index < -0.39 is 0 Å². The lowest BCUT2D eigenvalue weighted by Crippen LogP contribution is -2.14. The second-order valence-corrected chi connectivity index (χ2v) is 5.18. The number of nitrogens with one attached hydrogen (secondary N) is 1. The Kier molecular flexibility index (Phi) is 3.74. The molecule has 3 aromatic rings. The van der Waals surface area contributed by atoms with Crippen molar-refractivity contribution in [2.75, 3.05) is 5.32 Å². The quantitative estimate of drug-likeness (QED) is 0.799. The second kappa shape index (κ2) is 5.85. The van der Waals surface area contributed by atoms with Gasteiger partial charge in [-0.05, 0) is 44.2 Å². The van der Waals surface area contributed by atoms with Crippen molar-refractivity contribution in [2.45, 2.75) is 13.8 Å². The van der Waals surface area contributed by atoms with Crippen LogP contribution in [-0.4, -0.2) is 15.7 Å². The third-order valence-electron chi connectivity index (χ3n) is 3.43. The van der Waals surface area contributed by atoms with Crippen molar-refractivity contribution in [2.24, 2.45) is 0 Å². The maximum absolute atomic E-state index is 12.3. The van der Waals surface area contributed by atoms with Gasteiger partial charge in [-0.3, -0.25) is 4.79 Å². The van der Waals surface area contributed by atoms with Gasteiger partial charge in [-0.15, -0.1) is 0 Å². The summed E-state index contributed by atoms with van der Waals surface area (Å²) in [5.41, 5.74) is 4.20. The molecule has 0 radical (unpaired) electrons. The highest BCUT2D eigenvalue weighted by Crippen LogP contribution is 2.22. The minimum atomic E-state index is -0.130. The SMILES string of the molecule is Cc1cc(C)n(-c2ccccc2NC(=O)c2ccccc2)n1. The van der Waals surface area contributed by atoms with Crippen molar-refractivity contribution in [3.63, 3.8) is 0 Å². The molecule has 3 rings (SSSR count). The molecule has 1 N–H and O–H groups in total. The Morgan fingerprint density at radius 2 is 1.68 bits per heavy atom. The fraction of sp³-hybridized carbons (Fsp3) is 0.111. The van der Waals surface area contributed by atoms with E-state index >= 15 is 0 Å². The Morgan fingerprint density at radius 3 is 2.36 bits per heavy atom. The van der Waals surface area contributed by atoms with Crippen LogP contribution in [0.1, 0.15) is 21.7 Å². The molecule has 0 unspecified atom stereocenters. The lowest BCUT2D eigenvalue weighted by Gasteiger charge is -2.12. The van der Waals surface area contributed by atoms with E-state index in [1.807, 2.05) is 67.1 Å². The van der Waals surface area contributed by atoms with E-state index in [9.17, 15) is 4.79 Å². The summed E-state index contributed by atoms with van der Waals surface area (Å²) in [6.45, 7) is 3.95. The molecule has 110 valence electrons. The monoisotopic (exact) mass is 291 g/mol. The van der Waals surface area contributed by atoms with Crippen LogP contribution < -0.4 is 5.32 Å².